The van der Waals surface area contributed by atoms with Gasteiger partial charge in [0, 0.05) is 19.4 Å². The minimum atomic E-state index is -4.26. The van der Waals surface area contributed by atoms with E-state index in [0.717, 1.165) is 10.5 Å². The van der Waals surface area contributed by atoms with Crippen LogP contribution in [-0.4, -0.2) is 36.3 Å². The second kappa shape index (κ2) is 5.11. The van der Waals surface area contributed by atoms with Crippen molar-refractivity contribution in [2.45, 2.75) is 12.6 Å². The fourth-order valence-electron chi connectivity index (χ4n) is 1.18. The van der Waals surface area contributed by atoms with E-state index in [0.29, 0.717) is 13.0 Å². The van der Waals surface area contributed by atoms with Crippen molar-refractivity contribution in [3.05, 3.63) is 18.0 Å². The van der Waals surface area contributed by atoms with Crippen LogP contribution in [0.5, 0.6) is 0 Å². The van der Waals surface area contributed by atoms with Crippen LogP contribution in [0.3, 0.4) is 0 Å². The standard InChI is InChI=1S/C9H13F3N4/c1-16(6-9(10,11)12)8-14-4-7(2-3-13)5-15-8/h4-5H,2-3,6,13H2,1H3. The van der Waals surface area contributed by atoms with E-state index in [1.54, 1.807) is 0 Å². The van der Waals surface area contributed by atoms with Crippen LogP contribution in [0, 0.1) is 0 Å². The highest BCUT2D eigenvalue weighted by Crippen LogP contribution is 2.17. The number of rotatable bonds is 4. The van der Waals surface area contributed by atoms with Gasteiger partial charge in [-0.2, -0.15) is 13.2 Å². The number of hydrogen-bond donors (Lipinski definition) is 1. The Morgan fingerprint density at radius 3 is 2.31 bits per heavy atom. The molecule has 0 atom stereocenters. The van der Waals surface area contributed by atoms with Gasteiger partial charge in [0.25, 0.3) is 0 Å². The van der Waals surface area contributed by atoms with Gasteiger partial charge < -0.3 is 10.6 Å². The van der Waals surface area contributed by atoms with Crippen molar-refractivity contribution in [3.8, 4) is 0 Å². The summed E-state index contributed by atoms with van der Waals surface area (Å²) in [7, 11) is 1.30. The number of nitrogens with two attached hydrogens (primary N) is 1. The Labute approximate surface area is 91.3 Å². The van der Waals surface area contributed by atoms with Crippen molar-refractivity contribution in [1.29, 1.82) is 0 Å². The number of aromatic nitrogens is 2. The molecule has 0 spiro atoms. The lowest BCUT2D eigenvalue weighted by Crippen LogP contribution is -2.32. The van der Waals surface area contributed by atoms with E-state index in [-0.39, 0.29) is 5.95 Å². The van der Waals surface area contributed by atoms with E-state index < -0.39 is 12.7 Å². The monoisotopic (exact) mass is 234 g/mol. The molecular formula is C9H13F3N4. The van der Waals surface area contributed by atoms with E-state index in [2.05, 4.69) is 9.97 Å². The summed E-state index contributed by atoms with van der Waals surface area (Å²) in [6, 6.07) is 0. The average molecular weight is 234 g/mol. The van der Waals surface area contributed by atoms with Gasteiger partial charge in [-0.05, 0) is 18.5 Å². The summed E-state index contributed by atoms with van der Waals surface area (Å²) >= 11 is 0. The zero-order valence-corrected chi connectivity index (χ0v) is 8.83. The minimum Gasteiger partial charge on any atom is -0.335 e. The van der Waals surface area contributed by atoms with Crippen molar-refractivity contribution in [3.63, 3.8) is 0 Å². The fourth-order valence-corrected chi connectivity index (χ4v) is 1.18. The van der Waals surface area contributed by atoms with Gasteiger partial charge >= 0.3 is 6.18 Å². The Kier molecular flexibility index (Phi) is 4.05. The number of halogens is 3. The van der Waals surface area contributed by atoms with Gasteiger partial charge in [0.2, 0.25) is 5.95 Å². The molecule has 16 heavy (non-hydrogen) atoms. The van der Waals surface area contributed by atoms with Crippen molar-refractivity contribution < 1.29 is 13.2 Å². The molecule has 0 aliphatic rings. The Bertz CT molecular complexity index is 323. The molecule has 0 amide bonds. The Hall–Kier alpha value is -1.37. The van der Waals surface area contributed by atoms with Crippen LogP contribution in [0.15, 0.2) is 12.4 Å². The quantitative estimate of drug-likeness (QED) is 0.843. The van der Waals surface area contributed by atoms with Crippen LogP contribution >= 0.6 is 0 Å². The molecular weight excluding hydrogens is 221 g/mol. The smallest absolute Gasteiger partial charge is 0.335 e. The summed E-state index contributed by atoms with van der Waals surface area (Å²) in [4.78, 5) is 8.63. The molecule has 4 nitrogen and oxygen atoms in total. The normalized spacial score (nSPS) is 11.6. The van der Waals surface area contributed by atoms with Crippen LogP contribution in [0.1, 0.15) is 5.56 Å². The molecule has 0 saturated heterocycles. The zero-order chi connectivity index (χ0) is 12.2. The largest absolute Gasteiger partial charge is 0.406 e. The molecule has 1 heterocycles. The molecule has 90 valence electrons. The molecule has 1 aromatic rings. The van der Waals surface area contributed by atoms with Gasteiger partial charge in [-0.25, -0.2) is 9.97 Å². The van der Waals surface area contributed by atoms with Crippen LogP contribution in [-0.2, 0) is 6.42 Å². The zero-order valence-electron chi connectivity index (χ0n) is 8.83. The summed E-state index contributed by atoms with van der Waals surface area (Å²) in [5, 5.41) is 0. The molecule has 0 saturated carbocycles. The highest BCUT2D eigenvalue weighted by atomic mass is 19.4. The second-order valence-electron chi connectivity index (χ2n) is 3.40. The molecule has 2 N–H and O–H groups in total. The first kappa shape index (κ1) is 12.7. The van der Waals surface area contributed by atoms with Crippen LogP contribution in [0.4, 0.5) is 19.1 Å². The first-order chi connectivity index (χ1) is 7.42. The Balaban J connectivity index is 2.66. The lowest BCUT2D eigenvalue weighted by atomic mass is 10.2. The third kappa shape index (κ3) is 4.01. The fraction of sp³-hybridized carbons (Fsp3) is 0.556. The van der Waals surface area contributed by atoms with E-state index >= 15 is 0 Å². The molecule has 1 rings (SSSR count). The summed E-state index contributed by atoms with van der Waals surface area (Å²) in [6.07, 6.45) is -0.665. The maximum absolute atomic E-state index is 12.1. The van der Waals surface area contributed by atoms with E-state index in [9.17, 15) is 13.2 Å². The third-order valence-electron chi connectivity index (χ3n) is 1.88. The summed E-state index contributed by atoms with van der Waals surface area (Å²) in [5.74, 6) is 0.0538. The molecule has 7 heteroatoms. The molecule has 1 aromatic heterocycles. The molecule has 0 aromatic carbocycles. The predicted octanol–water partition coefficient (Wildman–Crippen LogP) is 0.976. The summed E-state index contributed by atoms with van der Waals surface area (Å²) in [5.41, 5.74) is 6.14. The number of alkyl halides is 3. The van der Waals surface area contributed by atoms with Crippen molar-refractivity contribution >= 4 is 5.95 Å². The van der Waals surface area contributed by atoms with Gasteiger partial charge in [-0.1, -0.05) is 0 Å². The molecule has 0 radical (unpaired) electrons. The predicted molar refractivity (Wildman–Crippen MR) is 54.1 cm³/mol. The lowest BCUT2D eigenvalue weighted by molar-refractivity contribution is -0.119. The molecule has 0 fully saturated rings. The second-order valence-corrected chi connectivity index (χ2v) is 3.40. The highest BCUT2D eigenvalue weighted by Gasteiger charge is 2.30. The first-order valence-corrected chi connectivity index (χ1v) is 4.71. The first-order valence-electron chi connectivity index (χ1n) is 4.71. The van der Waals surface area contributed by atoms with E-state index in [1.165, 1.54) is 19.4 Å². The average Bonchev–Trinajstić information content (AvgIpc) is 2.16. The topological polar surface area (TPSA) is 55.0 Å². The SMILES string of the molecule is CN(CC(F)(F)F)c1ncc(CCN)cn1. The maximum atomic E-state index is 12.1. The minimum absolute atomic E-state index is 0.0538. The van der Waals surface area contributed by atoms with Crippen molar-refractivity contribution in [2.24, 2.45) is 5.73 Å². The summed E-state index contributed by atoms with van der Waals surface area (Å²) < 4.78 is 36.2. The van der Waals surface area contributed by atoms with Gasteiger partial charge in [0.05, 0.1) is 0 Å². The maximum Gasteiger partial charge on any atom is 0.406 e. The van der Waals surface area contributed by atoms with Gasteiger partial charge in [0.1, 0.15) is 6.54 Å². The van der Waals surface area contributed by atoms with Crippen LogP contribution in [0.25, 0.3) is 0 Å². The molecule has 0 aliphatic carbocycles. The number of hydrogen-bond acceptors (Lipinski definition) is 4. The Morgan fingerprint density at radius 2 is 1.88 bits per heavy atom. The molecule has 0 unspecified atom stereocenters. The van der Waals surface area contributed by atoms with Crippen LogP contribution < -0.4 is 10.6 Å². The van der Waals surface area contributed by atoms with Gasteiger partial charge in [0.15, 0.2) is 0 Å². The van der Waals surface area contributed by atoms with Crippen molar-refractivity contribution in [2.75, 3.05) is 25.0 Å². The molecule has 0 aliphatic heterocycles. The van der Waals surface area contributed by atoms with E-state index in [4.69, 9.17) is 5.73 Å². The number of anilines is 1. The van der Waals surface area contributed by atoms with E-state index in [1.807, 2.05) is 0 Å². The molecule has 0 bridgehead atoms. The highest BCUT2D eigenvalue weighted by molar-refractivity contribution is 5.28. The van der Waals surface area contributed by atoms with Crippen molar-refractivity contribution in [1.82, 2.24) is 9.97 Å². The number of nitrogens with zero attached hydrogens (tertiary/aromatic N) is 3. The Morgan fingerprint density at radius 1 is 1.31 bits per heavy atom. The van der Waals surface area contributed by atoms with Gasteiger partial charge in [-0.15, -0.1) is 0 Å². The van der Waals surface area contributed by atoms with Crippen LogP contribution in [0.2, 0.25) is 0 Å². The third-order valence-corrected chi connectivity index (χ3v) is 1.88. The van der Waals surface area contributed by atoms with Gasteiger partial charge in [-0.3, -0.25) is 0 Å². The lowest BCUT2D eigenvalue weighted by Gasteiger charge is -2.18. The summed E-state index contributed by atoms with van der Waals surface area (Å²) in [6.45, 7) is -0.607.